The van der Waals surface area contributed by atoms with Gasteiger partial charge in [-0.15, -0.1) is 11.3 Å². The van der Waals surface area contributed by atoms with E-state index in [4.69, 9.17) is 0 Å². The standard InChI is InChI=1S/C21H23N3O2S/c1-22-21(26)16-12-10-15(11-13-16)14-24(2)20(25)9-5-8-19-23-17-6-3-4-7-18(17)27-19/h3-4,6-7,10-13H,5,8-9,14H2,1-2H3,(H,22,26). The lowest BCUT2D eigenvalue weighted by Crippen LogP contribution is -2.26. The number of carbonyl (C=O) groups is 2. The molecular formula is C21H23N3O2S. The summed E-state index contributed by atoms with van der Waals surface area (Å²) in [7, 11) is 3.42. The number of fused-ring (bicyclic) bond motifs is 1. The van der Waals surface area contributed by atoms with Crippen LogP contribution in [0.3, 0.4) is 0 Å². The van der Waals surface area contributed by atoms with E-state index in [0.29, 0.717) is 18.5 Å². The molecule has 6 heteroatoms. The molecular weight excluding hydrogens is 358 g/mol. The van der Waals surface area contributed by atoms with Crippen molar-refractivity contribution in [2.75, 3.05) is 14.1 Å². The Balaban J connectivity index is 1.48. The third kappa shape index (κ3) is 4.92. The van der Waals surface area contributed by atoms with Crippen molar-refractivity contribution in [3.05, 3.63) is 64.7 Å². The molecule has 3 rings (SSSR count). The molecule has 27 heavy (non-hydrogen) atoms. The van der Waals surface area contributed by atoms with E-state index in [1.165, 1.54) is 4.70 Å². The smallest absolute Gasteiger partial charge is 0.251 e. The van der Waals surface area contributed by atoms with Gasteiger partial charge in [-0.2, -0.15) is 0 Å². The van der Waals surface area contributed by atoms with Gasteiger partial charge in [0.25, 0.3) is 5.91 Å². The monoisotopic (exact) mass is 381 g/mol. The number of nitrogens with zero attached hydrogens (tertiary/aromatic N) is 2. The minimum absolute atomic E-state index is 0.110. The maximum Gasteiger partial charge on any atom is 0.251 e. The van der Waals surface area contributed by atoms with Crippen molar-refractivity contribution >= 4 is 33.4 Å². The fourth-order valence-electron chi connectivity index (χ4n) is 2.88. The molecule has 1 N–H and O–H groups in total. The summed E-state index contributed by atoms with van der Waals surface area (Å²) < 4.78 is 1.19. The molecule has 0 aliphatic carbocycles. The van der Waals surface area contributed by atoms with Crippen LogP contribution in [-0.2, 0) is 17.8 Å². The van der Waals surface area contributed by atoms with Crippen LogP contribution in [0.1, 0.15) is 33.8 Å². The maximum absolute atomic E-state index is 12.4. The zero-order valence-electron chi connectivity index (χ0n) is 15.6. The third-order valence-corrected chi connectivity index (χ3v) is 5.50. The summed E-state index contributed by atoms with van der Waals surface area (Å²) >= 11 is 1.70. The van der Waals surface area contributed by atoms with E-state index >= 15 is 0 Å². The van der Waals surface area contributed by atoms with Crippen LogP contribution in [-0.4, -0.2) is 35.8 Å². The normalized spacial score (nSPS) is 10.7. The second-order valence-electron chi connectivity index (χ2n) is 6.45. The second kappa shape index (κ2) is 8.77. The van der Waals surface area contributed by atoms with Gasteiger partial charge in [0.1, 0.15) is 0 Å². The van der Waals surface area contributed by atoms with Crippen LogP contribution in [0.4, 0.5) is 0 Å². The number of carbonyl (C=O) groups excluding carboxylic acids is 2. The molecule has 2 aromatic carbocycles. The summed E-state index contributed by atoms with van der Waals surface area (Å²) in [5.74, 6) is 0.00678. The summed E-state index contributed by atoms with van der Waals surface area (Å²) in [5.41, 5.74) is 2.65. The first-order chi connectivity index (χ1) is 13.1. The highest BCUT2D eigenvalue weighted by molar-refractivity contribution is 7.18. The molecule has 0 atom stereocenters. The Hall–Kier alpha value is -2.73. The molecule has 0 radical (unpaired) electrons. The molecule has 0 aliphatic heterocycles. The van der Waals surface area contributed by atoms with Crippen LogP contribution in [0.25, 0.3) is 10.2 Å². The summed E-state index contributed by atoms with van der Waals surface area (Å²) in [6.07, 6.45) is 2.11. The molecule has 0 bridgehead atoms. The fourth-order valence-corrected chi connectivity index (χ4v) is 3.89. The van der Waals surface area contributed by atoms with Crippen LogP contribution in [0.15, 0.2) is 48.5 Å². The van der Waals surface area contributed by atoms with Crippen molar-refractivity contribution in [2.24, 2.45) is 0 Å². The van der Waals surface area contributed by atoms with Crippen molar-refractivity contribution in [3.63, 3.8) is 0 Å². The Morgan fingerprint density at radius 1 is 1.11 bits per heavy atom. The van der Waals surface area contributed by atoms with E-state index in [2.05, 4.69) is 16.4 Å². The number of hydrogen-bond donors (Lipinski definition) is 1. The number of hydrogen-bond acceptors (Lipinski definition) is 4. The first-order valence-corrected chi connectivity index (χ1v) is 9.78. The SMILES string of the molecule is CNC(=O)c1ccc(CN(C)C(=O)CCCc2nc3ccccc3s2)cc1. The molecule has 2 amide bonds. The first kappa shape index (κ1) is 19.0. The second-order valence-corrected chi connectivity index (χ2v) is 7.57. The Labute approximate surface area is 163 Å². The quantitative estimate of drug-likeness (QED) is 0.680. The van der Waals surface area contributed by atoms with Crippen LogP contribution < -0.4 is 5.32 Å². The van der Waals surface area contributed by atoms with Gasteiger partial charge in [-0.1, -0.05) is 24.3 Å². The lowest BCUT2D eigenvalue weighted by atomic mass is 10.1. The highest BCUT2D eigenvalue weighted by Gasteiger charge is 2.11. The fraction of sp³-hybridized carbons (Fsp3) is 0.286. The van der Waals surface area contributed by atoms with Crippen LogP contribution in [0.2, 0.25) is 0 Å². The molecule has 0 fully saturated rings. The number of aryl methyl sites for hydroxylation is 1. The summed E-state index contributed by atoms with van der Waals surface area (Å²) in [6, 6.07) is 15.4. The van der Waals surface area contributed by atoms with Gasteiger partial charge >= 0.3 is 0 Å². The van der Waals surface area contributed by atoms with E-state index in [0.717, 1.165) is 28.9 Å². The molecule has 0 aliphatic rings. The van der Waals surface area contributed by atoms with E-state index in [1.807, 2.05) is 37.4 Å². The Kier molecular flexibility index (Phi) is 6.19. The molecule has 1 aromatic heterocycles. The van der Waals surface area contributed by atoms with Crippen molar-refractivity contribution < 1.29 is 9.59 Å². The van der Waals surface area contributed by atoms with Crippen molar-refractivity contribution in [3.8, 4) is 0 Å². The topological polar surface area (TPSA) is 62.3 Å². The molecule has 1 heterocycles. The molecule has 0 spiro atoms. The molecule has 0 unspecified atom stereocenters. The minimum atomic E-state index is -0.110. The van der Waals surface area contributed by atoms with E-state index in [1.54, 1.807) is 35.4 Å². The lowest BCUT2D eigenvalue weighted by Gasteiger charge is -2.17. The Morgan fingerprint density at radius 2 is 1.85 bits per heavy atom. The van der Waals surface area contributed by atoms with Gasteiger partial charge in [-0.25, -0.2) is 4.98 Å². The lowest BCUT2D eigenvalue weighted by molar-refractivity contribution is -0.130. The Morgan fingerprint density at radius 3 is 2.56 bits per heavy atom. The summed E-state index contributed by atoms with van der Waals surface area (Å²) in [4.78, 5) is 30.3. The van der Waals surface area contributed by atoms with Gasteiger partial charge < -0.3 is 10.2 Å². The van der Waals surface area contributed by atoms with Gasteiger partial charge in [-0.3, -0.25) is 9.59 Å². The average molecular weight is 382 g/mol. The van der Waals surface area contributed by atoms with Crippen molar-refractivity contribution in [1.82, 2.24) is 15.2 Å². The van der Waals surface area contributed by atoms with E-state index < -0.39 is 0 Å². The number of para-hydroxylation sites is 1. The van der Waals surface area contributed by atoms with Crippen LogP contribution in [0, 0.1) is 0 Å². The van der Waals surface area contributed by atoms with E-state index in [-0.39, 0.29) is 11.8 Å². The third-order valence-electron chi connectivity index (χ3n) is 4.41. The zero-order valence-corrected chi connectivity index (χ0v) is 16.4. The summed E-state index contributed by atoms with van der Waals surface area (Å²) in [5, 5.41) is 3.68. The number of thiazole rings is 1. The zero-order chi connectivity index (χ0) is 19.2. The molecule has 5 nitrogen and oxygen atoms in total. The predicted octanol–water partition coefficient (Wildman–Crippen LogP) is 3.64. The Bertz CT molecular complexity index is 901. The van der Waals surface area contributed by atoms with Crippen molar-refractivity contribution in [1.29, 1.82) is 0 Å². The number of aromatic nitrogens is 1. The maximum atomic E-state index is 12.4. The van der Waals surface area contributed by atoms with E-state index in [9.17, 15) is 9.59 Å². The van der Waals surface area contributed by atoms with Crippen LogP contribution in [0.5, 0.6) is 0 Å². The minimum Gasteiger partial charge on any atom is -0.355 e. The molecule has 0 saturated carbocycles. The number of amides is 2. The largest absolute Gasteiger partial charge is 0.355 e. The van der Waals surface area contributed by atoms with Gasteiger partial charge in [0.05, 0.1) is 15.2 Å². The van der Waals surface area contributed by atoms with Gasteiger partial charge in [0.15, 0.2) is 0 Å². The summed E-state index contributed by atoms with van der Waals surface area (Å²) in [6.45, 7) is 0.536. The predicted molar refractivity (Wildman–Crippen MR) is 109 cm³/mol. The molecule has 0 saturated heterocycles. The van der Waals surface area contributed by atoms with Crippen LogP contribution >= 0.6 is 11.3 Å². The number of rotatable bonds is 7. The van der Waals surface area contributed by atoms with Gasteiger partial charge in [0, 0.05) is 32.6 Å². The highest BCUT2D eigenvalue weighted by Crippen LogP contribution is 2.22. The average Bonchev–Trinajstić information content (AvgIpc) is 3.10. The van der Waals surface area contributed by atoms with Crippen molar-refractivity contribution in [2.45, 2.75) is 25.8 Å². The first-order valence-electron chi connectivity index (χ1n) is 8.96. The molecule has 140 valence electrons. The van der Waals surface area contributed by atoms with Gasteiger partial charge in [-0.05, 0) is 42.7 Å². The highest BCUT2D eigenvalue weighted by atomic mass is 32.1. The number of benzene rings is 2. The van der Waals surface area contributed by atoms with Gasteiger partial charge in [0.2, 0.25) is 5.91 Å². The number of nitrogens with one attached hydrogen (secondary N) is 1. The molecule has 3 aromatic rings.